The molecule has 3 nitrogen and oxygen atoms in total. The first-order valence-corrected chi connectivity index (χ1v) is 7.27. The van der Waals surface area contributed by atoms with Crippen molar-refractivity contribution in [2.45, 2.75) is 51.7 Å². The van der Waals surface area contributed by atoms with E-state index in [2.05, 4.69) is 12.2 Å². The monoisotopic (exact) mass is 263 g/mol. The van der Waals surface area contributed by atoms with Gasteiger partial charge in [-0.25, -0.2) is 0 Å². The molecule has 0 spiro atoms. The molecule has 0 bridgehead atoms. The fourth-order valence-corrected chi connectivity index (χ4v) is 2.82. The SMILES string of the molecule is Cc1ccc(O)c(C(C)NCC2CCC(O)CC2)c1. The summed E-state index contributed by atoms with van der Waals surface area (Å²) in [6.45, 7) is 5.09. The number of phenolic OH excluding ortho intramolecular Hbond substituents is 1. The van der Waals surface area contributed by atoms with Crippen molar-refractivity contribution >= 4 is 0 Å². The Kier molecular flexibility index (Phi) is 4.83. The van der Waals surface area contributed by atoms with E-state index in [-0.39, 0.29) is 12.1 Å². The van der Waals surface area contributed by atoms with Crippen LogP contribution in [0.1, 0.15) is 49.8 Å². The van der Waals surface area contributed by atoms with Crippen molar-refractivity contribution < 1.29 is 10.2 Å². The molecular weight excluding hydrogens is 238 g/mol. The first-order chi connectivity index (χ1) is 9.06. The van der Waals surface area contributed by atoms with Gasteiger partial charge in [-0.05, 0) is 58.1 Å². The van der Waals surface area contributed by atoms with Gasteiger partial charge < -0.3 is 15.5 Å². The van der Waals surface area contributed by atoms with Gasteiger partial charge in [0.15, 0.2) is 0 Å². The van der Waals surface area contributed by atoms with Crippen molar-refractivity contribution in [3.63, 3.8) is 0 Å². The summed E-state index contributed by atoms with van der Waals surface area (Å²) >= 11 is 0. The number of aromatic hydroxyl groups is 1. The van der Waals surface area contributed by atoms with E-state index in [1.165, 1.54) is 5.56 Å². The fraction of sp³-hybridized carbons (Fsp3) is 0.625. The molecule has 0 heterocycles. The average molecular weight is 263 g/mol. The lowest BCUT2D eigenvalue weighted by Crippen LogP contribution is -2.29. The maximum absolute atomic E-state index is 9.90. The van der Waals surface area contributed by atoms with Crippen molar-refractivity contribution in [2.24, 2.45) is 5.92 Å². The Morgan fingerprint density at radius 1 is 1.26 bits per heavy atom. The van der Waals surface area contributed by atoms with Gasteiger partial charge in [-0.1, -0.05) is 17.7 Å². The van der Waals surface area contributed by atoms with Gasteiger partial charge in [-0.2, -0.15) is 0 Å². The Balaban J connectivity index is 1.87. The van der Waals surface area contributed by atoms with E-state index >= 15 is 0 Å². The molecule has 2 rings (SSSR count). The van der Waals surface area contributed by atoms with Crippen molar-refractivity contribution in [3.8, 4) is 5.75 Å². The molecule has 0 radical (unpaired) electrons. The van der Waals surface area contributed by atoms with Crippen LogP contribution in [0.25, 0.3) is 0 Å². The van der Waals surface area contributed by atoms with E-state index in [9.17, 15) is 10.2 Å². The number of nitrogens with one attached hydrogen (secondary N) is 1. The zero-order valence-electron chi connectivity index (χ0n) is 11.9. The Hall–Kier alpha value is -1.06. The molecule has 1 unspecified atom stereocenters. The van der Waals surface area contributed by atoms with Crippen molar-refractivity contribution in [2.75, 3.05) is 6.54 Å². The van der Waals surface area contributed by atoms with Crippen LogP contribution in [-0.4, -0.2) is 22.9 Å². The normalized spacial score (nSPS) is 25.2. The third-order valence-electron chi connectivity index (χ3n) is 4.18. The molecule has 1 aromatic carbocycles. The standard InChI is InChI=1S/C16H25NO2/c1-11-3-8-16(19)15(9-11)12(2)17-10-13-4-6-14(18)7-5-13/h3,8-9,12-14,17-19H,4-7,10H2,1-2H3. The first-order valence-electron chi connectivity index (χ1n) is 7.27. The summed E-state index contributed by atoms with van der Waals surface area (Å²) in [7, 11) is 0. The minimum atomic E-state index is -0.0884. The van der Waals surface area contributed by atoms with Gasteiger partial charge in [0, 0.05) is 11.6 Å². The highest BCUT2D eigenvalue weighted by Crippen LogP contribution is 2.27. The Morgan fingerprint density at radius 3 is 2.63 bits per heavy atom. The summed E-state index contributed by atoms with van der Waals surface area (Å²) in [6.07, 6.45) is 3.96. The van der Waals surface area contributed by atoms with Crippen LogP contribution in [0.4, 0.5) is 0 Å². The third-order valence-corrected chi connectivity index (χ3v) is 4.18. The van der Waals surface area contributed by atoms with Gasteiger partial charge >= 0.3 is 0 Å². The van der Waals surface area contributed by atoms with E-state index in [0.29, 0.717) is 11.7 Å². The van der Waals surface area contributed by atoms with Crippen molar-refractivity contribution in [1.29, 1.82) is 0 Å². The van der Waals surface area contributed by atoms with E-state index in [4.69, 9.17) is 0 Å². The summed E-state index contributed by atoms with van der Waals surface area (Å²) in [5.41, 5.74) is 2.14. The molecule has 3 N–H and O–H groups in total. The Bertz CT molecular complexity index is 411. The highest BCUT2D eigenvalue weighted by Gasteiger charge is 2.20. The van der Waals surface area contributed by atoms with Crippen LogP contribution in [0, 0.1) is 12.8 Å². The first kappa shape index (κ1) is 14.4. The van der Waals surface area contributed by atoms with Gasteiger partial charge in [-0.3, -0.25) is 0 Å². The Morgan fingerprint density at radius 2 is 1.95 bits per heavy atom. The lowest BCUT2D eigenvalue weighted by atomic mass is 9.87. The zero-order chi connectivity index (χ0) is 13.8. The number of phenols is 1. The van der Waals surface area contributed by atoms with E-state index < -0.39 is 0 Å². The molecule has 0 aliphatic heterocycles. The second-order valence-corrected chi connectivity index (χ2v) is 5.87. The van der Waals surface area contributed by atoms with Crippen LogP contribution in [0.2, 0.25) is 0 Å². The quantitative estimate of drug-likeness (QED) is 0.783. The van der Waals surface area contributed by atoms with Crippen LogP contribution in [0.5, 0.6) is 5.75 Å². The van der Waals surface area contributed by atoms with Gasteiger partial charge in [0.05, 0.1) is 6.10 Å². The second-order valence-electron chi connectivity index (χ2n) is 5.87. The molecule has 0 aromatic heterocycles. The van der Waals surface area contributed by atoms with Gasteiger partial charge in [-0.15, -0.1) is 0 Å². The van der Waals surface area contributed by atoms with E-state index in [1.807, 2.05) is 19.1 Å². The molecule has 0 saturated heterocycles. The Labute approximate surface area is 115 Å². The van der Waals surface area contributed by atoms with Crippen molar-refractivity contribution in [1.82, 2.24) is 5.32 Å². The molecule has 1 atom stereocenters. The molecule has 3 heteroatoms. The number of rotatable bonds is 4. The molecule has 1 saturated carbocycles. The number of aryl methyl sites for hydroxylation is 1. The van der Waals surface area contributed by atoms with Crippen LogP contribution in [0.3, 0.4) is 0 Å². The molecule has 1 fully saturated rings. The maximum atomic E-state index is 9.90. The lowest BCUT2D eigenvalue weighted by Gasteiger charge is -2.27. The minimum absolute atomic E-state index is 0.0884. The summed E-state index contributed by atoms with van der Waals surface area (Å²) in [5.74, 6) is 1.02. The molecule has 1 aliphatic rings. The highest BCUT2D eigenvalue weighted by molar-refractivity contribution is 5.37. The van der Waals surface area contributed by atoms with Gasteiger partial charge in [0.1, 0.15) is 5.75 Å². The average Bonchev–Trinajstić information content (AvgIpc) is 2.40. The fourth-order valence-electron chi connectivity index (χ4n) is 2.82. The largest absolute Gasteiger partial charge is 0.508 e. The number of hydrogen-bond acceptors (Lipinski definition) is 3. The van der Waals surface area contributed by atoms with Crippen LogP contribution in [-0.2, 0) is 0 Å². The second kappa shape index (κ2) is 6.40. The molecule has 1 aromatic rings. The predicted octanol–water partition coefficient (Wildman–Crippen LogP) is 2.90. The smallest absolute Gasteiger partial charge is 0.120 e. The predicted molar refractivity (Wildman–Crippen MR) is 77.2 cm³/mol. The zero-order valence-corrected chi connectivity index (χ0v) is 11.9. The summed E-state index contributed by atoms with van der Waals surface area (Å²) in [5, 5.41) is 22.9. The lowest BCUT2D eigenvalue weighted by molar-refractivity contribution is 0.107. The minimum Gasteiger partial charge on any atom is -0.508 e. The molecule has 19 heavy (non-hydrogen) atoms. The van der Waals surface area contributed by atoms with Gasteiger partial charge in [0.2, 0.25) is 0 Å². The third kappa shape index (κ3) is 3.95. The number of hydrogen-bond donors (Lipinski definition) is 3. The molecule has 0 amide bonds. The topological polar surface area (TPSA) is 52.5 Å². The summed E-state index contributed by atoms with van der Waals surface area (Å²) < 4.78 is 0. The van der Waals surface area contributed by atoms with Crippen molar-refractivity contribution in [3.05, 3.63) is 29.3 Å². The van der Waals surface area contributed by atoms with Crippen LogP contribution in [0.15, 0.2) is 18.2 Å². The maximum Gasteiger partial charge on any atom is 0.120 e. The number of aliphatic hydroxyl groups is 1. The van der Waals surface area contributed by atoms with Gasteiger partial charge in [0.25, 0.3) is 0 Å². The molecular formula is C16H25NO2. The highest BCUT2D eigenvalue weighted by atomic mass is 16.3. The summed E-state index contributed by atoms with van der Waals surface area (Å²) in [6, 6.07) is 5.89. The number of benzene rings is 1. The van der Waals surface area contributed by atoms with E-state index in [0.717, 1.165) is 37.8 Å². The number of aliphatic hydroxyl groups excluding tert-OH is 1. The summed E-state index contributed by atoms with van der Waals surface area (Å²) in [4.78, 5) is 0. The van der Waals surface area contributed by atoms with Crippen LogP contribution >= 0.6 is 0 Å². The van der Waals surface area contributed by atoms with E-state index in [1.54, 1.807) is 6.07 Å². The molecule has 1 aliphatic carbocycles. The van der Waals surface area contributed by atoms with Crippen LogP contribution < -0.4 is 5.32 Å². The molecule has 106 valence electrons.